The van der Waals surface area contributed by atoms with Gasteiger partial charge in [-0.1, -0.05) is 18.2 Å². The Kier molecular flexibility index (Phi) is 6.25. The molecule has 0 radical (unpaired) electrons. The van der Waals surface area contributed by atoms with Crippen molar-refractivity contribution in [3.63, 3.8) is 0 Å². The van der Waals surface area contributed by atoms with Gasteiger partial charge in [-0.2, -0.15) is 0 Å². The molecule has 24 heavy (non-hydrogen) atoms. The summed E-state index contributed by atoms with van der Waals surface area (Å²) in [6.07, 6.45) is 3.09. The van der Waals surface area contributed by atoms with Crippen LogP contribution in [0, 0.1) is 11.3 Å². The normalized spacial score (nSPS) is 21.8. The molecule has 1 saturated carbocycles. The number of halogens is 1. The molecule has 0 bridgehead atoms. The fourth-order valence-corrected chi connectivity index (χ4v) is 4.43. The molecule has 1 atom stereocenters. The number of hydrogen-bond donors (Lipinski definition) is 3. The van der Waals surface area contributed by atoms with Crippen LogP contribution >= 0.6 is 12.4 Å². The summed E-state index contributed by atoms with van der Waals surface area (Å²) in [5, 5.41) is 6.17. The number of benzene rings is 1. The van der Waals surface area contributed by atoms with E-state index in [-0.39, 0.29) is 41.1 Å². The summed E-state index contributed by atoms with van der Waals surface area (Å²) in [6, 6.07) is 8.23. The number of sulfonamides is 1. The van der Waals surface area contributed by atoms with E-state index < -0.39 is 10.0 Å². The maximum atomic E-state index is 12.2. The first-order valence-electron chi connectivity index (χ1n) is 8.07. The predicted octanol–water partition coefficient (Wildman–Crippen LogP) is 0.893. The van der Waals surface area contributed by atoms with Gasteiger partial charge in [-0.15, -0.1) is 12.4 Å². The van der Waals surface area contributed by atoms with Gasteiger partial charge in [-0.3, -0.25) is 4.79 Å². The Morgan fingerprint density at radius 1 is 1.17 bits per heavy atom. The molecular weight excluding hydrogens is 350 g/mol. The Balaban J connectivity index is 0.00000208. The molecule has 8 heteroatoms. The van der Waals surface area contributed by atoms with Crippen molar-refractivity contribution in [1.82, 2.24) is 15.4 Å². The summed E-state index contributed by atoms with van der Waals surface area (Å²) in [5.74, 6) is 0.168. The van der Waals surface area contributed by atoms with Crippen LogP contribution in [0.1, 0.15) is 19.3 Å². The van der Waals surface area contributed by atoms with Gasteiger partial charge < -0.3 is 10.6 Å². The van der Waals surface area contributed by atoms with Crippen molar-refractivity contribution >= 4 is 28.3 Å². The molecule has 2 fully saturated rings. The van der Waals surface area contributed by atoms with Crippen molar-refractivity contribution in [2.75, 3.05) is 26.2 Å². The average molecular weight is 374 g/mol. The van der Waals surface area contributed by atoms with Crippen LogP contribution in [-0.4, -0.2) is 40.5 Å². The number of carbonyl (C=O) groups excluding carboxylic acids is 1. The van der Waals surface area contributed by atoms with Crippen molar-refractivity contribution in [3.8, 4) is 0 Å². The second kappa shape index (κ2) is 7.82. The highest BCUT2D eigenvalue weighted by atomic mass is 35.5. The summed E-state index contributed by atoms with van der Waals surface area (Å²) in [4.78, 5) is 12.4. The minimum Gasteiger partial charge on any atom is -0.355 e. The smallest absolute Gasteiger partial charge is 0.240 e. The van der Waals surface area contributed by atoms with Gasteiger partial charge in [0.25, 0.3) is 0 Å². The van der Waals surface area contributed by atoms with E-state index in [2.05, 4.69) is 15.4 Å². The van der Waals surface area contributed by atoms with Crippen LogP contribution in [-0.2, 0) is 14.8 Å². The quantitative estimate of drug-likeness (QED) is 0.646. The molecule has 1 aromatic rings. The van der Waals surface area contributed by atoms with Crippen LogP contribution in [0.5, 0.6) is 0 Å². The van der Waals surface area contributed by atoms with Gasteiger partial charge >= 0.3 is 0 Å². The van der Waals surface area contributed by atoms with Crippen LogP contribution in [0.2, 0.25) is 0 Å². The number of piperidine rings is 1. The number of hydrogen-bond acceptors (Lipinski definition) is 4. The van der Waals surface area contributed by atoms with Crippen LogP contribution in [0.3, 0.4) is 0 Å². The van der Waals surface area contributed by atoms with E-state index in [4.69, 9.17) is 0 Å². The first kappa shape index (κ1) is 19.2. The van der Waals surface area contributed by atoms with E-state index in [9.17, 15) is 13.2 Å². The van der Waals surface area contributed by atoms with Crippen LogP contribution in [0.4, 0.5) is 0 Å². The van der Waals surface area contributed by atoms with Gasteiger partial charge in [-0.25, -0.2) is 13.1 Å². The predicted molar refractivity (Wildman–Crippen MR) is 94.5 cm³/mol. The lowest BCUT2D eigenvalue weighted by molar-refractivity contribution is -0.123. The van der Waals surface area contributed by atoms with Gasteiger partial charge in [0.1, 0.15) is 0 Å². The highest BCUT2D eigenvalue weighted by Gasteiger charge is 2.57. The summed E-state index contributed by atoms with van der Waals surface area (Å²) in [7, 11) is -3.50. The molecule has 1 aliphatic heterocycles. The highest BCUT2D eigenvalue weighted by molar-refractivity contribution is 7.89. The van der Waals surface area contributed by atoms with Gasteiger partial charge in [0.05, 0.1) is 4.90 Å². The molecule has 3 N–H and O–H groups in total. The van der Waals surface area contributed by atoms with Gasteiger partial charge in [0.2, 0.25) is 15.9 Å². The lowest BCUT2D eigenvalue weighted by Crippen LogP contribution is -2.37. The zero-order valence-corrected chi connectivity index (χ0v) is 15.1. The van der Waals surface area contributed by atoms with Crippen molar-refractivity contribution in [2.45, 2.75) is 24.2 Å². The molecule has 3 rings (SSSR count). The lowest BCUT2D eigenvalue weighted by atomic mass is 9.92. The number of amides is 1. The van der Waals surface area contributed by atoms with Crippen molar-refractivity contribution < 1.29 is 13.2 Å². The van der Waals surface area contributed by atoms with Crippen molar-refractivity contribution in [2.24, 2.45) is 11.3 Å². The maximum Gasteiger partial charge on any atom is 0.240 e. The second-order valence-corrected chi connectivity index (χ2v) is 8.14. The molecule has 1 unspecified atom stereocenters. The third-order valence-corrected chi connectivity index (χ3v) is 6.35. The molecule has 1 aliphatic carbocycles. The first-order valence-corrected chi connectivity index (χ1v) is 9.55. The van der Waals surface area contributed by atoms with E-state index in [1.807, 2.05) is 0 Å². The number of nitrogens with one attached hydrogen (secondary N) is 3. The fraction of sp³-hybridized carbons (Fsp3) is 0.562. The van der Waals surface area contributed by atoms with Crippen LogP contribution in [0.25, 0.3) is 0 Å². The van der Waals surface area contributed by atoms with Gasteiger partial charge in [0.15, 0.2) is 0 Å². The van der Waals surface area contributed by atoms with Crippen molar-refractivity contribution in [1.29, 1.82) is 0 Å². The maximum absolute atomic E-state index is 12.2. The Hall–Kier alpha value is -1.15. The summed E-state index contributed by atoms with van der Waals surface area (Å²) >= 11 is 0. The monoisotopic (exact) mass is 373 g/mol. The van der Waals surface area contributed by atoms with E-state index in [1.54, 1.807) is 30.3 Å². The minimum absolute atomic E-state index is 0. The van der Waals surface area contributed by atoms with Crippen LogP contribution in [0.15, 0.2) is 35.2 Å². The first-order chi connectivity index (χ1) is 11.0. The number of carbonyl (C=O) groups is 1. The van der Waals surface area contributed by atoms with Gasteiger partial charge in [-0.05, 0) is 49.9 Å². The van der Waals surface area contributed by atoms with Crippen LogP contribution < -0.4 is 15.4 Å². The Morgan fingerprint density at radius 3 is 2.50 bits per heavy atom. The topological polar surface area (TPSA) is 87.3 Å². The lowest BCUT2D eigenvalue weighted by Gasteiger charge is -2.23. The third kappa shape index (κ3) is 4.27. The average Bonchev–Trinajstić information content (AvgIpc) is 3.26. The highest BCUT2D eigenvalue weighted by Crippen LogP contribution is 2.58. The molecule has 1 amide bonds. The second-order valence-electron chi connectivity index (χ2n) is 6.37. The van der Waals surface area contributed by atoms with E-state index in [0.29, 0.717) is 6.54 Å². The SMILES string of the molecule is Cl.O=C(NCCNS(=O)(=O)c1ccccc1)C1CC12CCNCC2. The molecule has 1 spiro atoms. The largest absolute Gasteiger partial charge is 0.355 e. The molecule has 1 heterocycles. The Bertz CT molecular complexity index is 660. The van der Waals surface area contributed by atoms with E-state index in [1.165, 1.54) is 0 Å². The standard InChI is InChI=1S/C16H23N3O3S.ClH/c20-15(14-12-16(14)6-8-17-9-7-16)18-10-11-19-23(21,22)13-4-2-1-3-5-13;/h1-5,14,17,19H,6-12H2,(H,18,20);1H. The minimum atomic E-state index is -3.50. The molecule has 1 saturated heterocycles. The van der Waals surface area contributed by atoms with Crippen molar-refractivity contribution in [3.05, 3.63) is 30.3 Å². The molecule has 134 valence electrons. The van der Waals surface area contributed by atoms with E-state index in [0.717, 1.165) is 32.4 Å². The summed E-state index contributed by atoms with van der Waals surface area (Å²) in [5.41, 5.74) is 0.207. The fourth-order valence-electron chi connectivity index (χ4n) is 3.37. The third-order valence-electron chi connectivity index (χ3n) is 4.88. The summed E-state index contributed by atoms with van der Waals surface area (Å²) < 4.78 is 26.6. The van der Waals surface area contributed by atoms with E-state index >= 15 is 0 Å². The summed E-state index contributed by atoms with van der Waals surface area (Å²) in [6.45, 7) is 2.49. The molecule has 6 nitrogen and oxygen atoms in total. The Labute approximate surface area is 149 Å². The molecular formula is C16H24ClN3O3S. The zero-order valence-electron chi connectivity index (χ0n) is 13.5. The zero-order chi connectivity index (χ0) is 16.3. The molecule has 1 aromatic carbocycles. The molecule has 2 aliphatic rings. The molecule has 0 aromatic heterocycles. The number of rotatable bonds is 6. The Morgan fingerprint density at radius 2 is 1.83 bits per heavy atom. The van der Waals surface area contributed by atoms with Gasteiger partial charge in [0, 0.05) is 19.0 Å².